The minimum absolute atomic E-state index is 0.0168. The van der Waals surface area contributed by atoms with Gasteiger partial charge in [-0.05, 0) is 30.5 Å². The van der Waals surface area contributed by atoms with Crippen LogP contribution in [0.2, 0.25) is 5.02 Å². The first-order valence-electron chi connectivity index (χ1n) is 7.42. The van der Waals surface area contributed by atoms with E-state index in [1.54, 1.807) is 12.1 Å². The van der Waals surface area contributed by atoms with Crippen LogP contribution in [-0.2, 0) is 4.79 Å². The van der Waals surface area contributed by atoms with Crippen LogP contribution in [0.3, 0.4) is 0 Å². The van der Waals surface area contributed by atoms with Gasteiger partial charge < -0.3 is 9.63 Å². The average Bonchev–Trinajstić information content (AvgIpc) is 2.95. The molecule has 2 aromatic rings. The third-order valence-corrected chi connectivity index (χ3v) is 4.50. The second-order valence-electron chi connectivity index (χ2n) is 5.77. The number of aliphatic carboxylic acids is 1. The number of hydrogen-bond donors (Lipinski definition) is 2. The summed E-state index contributed by atoms with van der Waals surface area (Å²) < 4.78 is 5.23. The molecule has 1 aromatic carbocycles. The second-order valence-corrected chi connectivity index (χ2v) is 6.20. The lowest BCUT2D eigenvalue weighted by Crippen LogP contribution is -2.39. The van der Waals surface area contributed by atoms with Crippen LogP contribution in [0.25, 0.3) is 0 Å². The van der Waals surface area contributed by atoms with Gasteiger partial charge in [0, 0.05) is 29.6 Å². The lowest BCUT2D eigenvalue weighted by Gasteiger charge is -2.38. The topological polar surface area (TPSA) is 86.5 Å². The Labute approximate surface area is 137 Å². The monoisotopic (exact) mass is 336 g/mol. The summed E-state index contributed by atoms with van der Waals surface area (Å²) in [6, 6.07) is 8.85. The number of halogens is 1. The van der Waals surface area contributed by atoms with Gasteiger partial charge in [-0.2, -0.15) is 5.16 Å². The van der Waals surface area contributed by atoms with E-state index < -0.39 is 5.97 Å². The second kappa shape index (κ2) is 6.60. The highest BCUT2D eigenvalue weighted by Gasteiger charge is 2.33. The van der Waals surface area contributed by atoms with Crippen molar-refractivity contribution in [3.8, 4) is 0 Å². The summed E-state index contributed by atoms with van der Waals surface area (Å²) in [6.07, 6.45) is 1.44. The molecule has 1 aliphatic heterocycles. The molecule has 0 saturated carbocycles. The Morgan fingerprint density at radius 2 is 2.13 bits per heavy atom. The Morgan fingerprint density at radius 3 is 2.74 bits per heavy atom. The number of likely N-dealkylation sites (tertiary alicyclic amines) is 1. The molecule has 2 unspecified atom stereocenters. The number of H-pyrrole nitrogens is 1. The molecular formula is C16H17ClN2O4. The maximum Gasteiger partial charge on any atom is 0.317 e. The average molecular weight is 337 g/mol. The van der Waals surface area contributed by atoms with E-state index in [0.717, 1.165) is 12.0 Å². The summed E-state index contributed by atoms with van der Waals surface area (Å²) in [7, 11) is 0. The zero-order valence-electron chi connectivity index (χ0n) is 12.4. The highest BCUT2D eigenvalue weighted by molar-refractivity contribution is 6.30. The van der Waals surface area contributed by atoms with E-state index in [9.17, 15) is 9.59 Å². The van der Waals surface area contributed by atoms with Crippen molar-refractivity contribution in [3.63, 3.8) is 0 Å². The first kappa shape index (κ1) is 15.8. The molecule has 0 amide bonds. The minimum atomic E-state index is -0.851. The van der Waals surface area contributed by atoms with Crippen molar-refractivity contribution >= 4 is 17.6 Å². The van der Waals surface area contributed by atoms with Crippen molar-refractivity contribution < 1.29 is 14.4 Å². The number of nitrogens with one attached hydrogen (secondary N) is 1. The van der Waals surface area contributed by atoms with E-state index in [1.165, 1.54) is 6.07 Å². The van der Waals surface area contributed by atoms with Crippen LogP contribution in [0.4, 0.5) is 0 Å². The molecule has 1 aliphatic rings. The SMILES string of the molecule is O=C(O)CN1CCC(c2cc(=O)[nH]o2)CC1c1ccc(Cl)cc1. The first-order valence-corrected chi connectivity index (χ1v) is 7.80. The summed E-state index contributed by atoms with van der Waals surface area (Å²) >= 11 is 5.94. The predicted octanol–water partition coefficient (Wildman–Crippen LogP) is 2.63. The molecule has 2 atom stereocenters. The van der Waals surface area contributed by atoms with Gasteiger partial charge in [-0.3, -0.25) is 14.5 Å². The van der Waals surface area contributed by atoms with Crippen molar-refractivity contribution in [2.75, 3.05) is 13.1 Å². The van der Waals surface area contributed by atoms with Gasteiger partial charge in [-0.15, -0.1) is 0 Å². The van der Waals surface area contributed by atoms with Crippen molar-refractivity contribution in [2.45, 2.75) is 24.8 Å². The normalized spacial score (nSPS) is 22.1. The van der Waals surface area contributed by atoms with Crippen LogP contribution in [0.1, 0.15) is 36.1 Å². The summed E-state index contributed by atoms with van der Waals surface area (Å²) in [5, 5.41) is 12.1. The number of benzene rings is 1. The molecule has 0 aliphatic carbocycles. The van der Waals surface area contributed by atoms with Gasteiger partial charge in [-0.25, -0.2) is 0 Å². The molecule has 2 heterocycles. The standard InChI is InChI=1S/C16H17ClN2O4/c17-12-3-1-10(2-4-12)13-7-11(14-8-15(20)18-23-14)5-6-19(13)9-16(21)22/h1-4,8,11,13H,5-7,9H2,(H,18,20)(H,21,22). The third kappa shape index (κ3) is 3.65. The largest absolute Gasteiger partial charge is 0.480 e. The number of rotatable bonds is 4. The van der Waals surface area contributed by atoms with Gasteiger partial charge in [-0.1, -0.05) is 23.7 Å². The van der Waals surface area contributed by atoms with Crippen LogP contribution in [0, 0.1) is 0 Å². The summed E-state index contributed by atoms with van der Waals surface area (Å²) in [5.41, 5.74) is 0.759. The fourth-order valence-electron chi connectivity index (χ4n) is 3.17. The van der Waals surface area contributed by atoms with Crippen LogP contribution in [-0.4, -0.2) is 34.2 Å². The number of carbonyl (C=O) groups is 1. The van der Waals surface area contributed by atoms with Crippen molar-refractivity contribution in [3.05, 3.63) is 57.0 Å². The van der Waals surface area contributed by atoms with Crippen LogP contribution < -0.4 is 5.56 Å². The fraction of sp³-hybridized carbons (Fsp3) is 0.375. The van der Waals surface area contributed by atoms with E-state index in [-0.39, 0.29) is 24.1 Å². The molecule has 1 saturated heterocycles. The van der Waals surface area contributed by atoms with E-state index in [0.29, 0.717) is 23.7 Å². The van der Waals surface area contributed by atoms with Gasteiger partial charge in [0.15, 0.2) is 0 Å². The van der Waals surface area contributed by atoms with Crippen LogP contribution >= 0.6 is 11.6 Å². The first-order chi connectivity index (χ1) is 11.0. The molecule has 1 aromatic heterocycles. The Bertz CT molecular complexity index is 737. The number of carboxylic acids is 1. The molecule has 3 rings (SSSR count). The highest BCUT2D eigenvalue weighted by Crippen LogP contribution is 2.39. The fourth-order valence-corrected chi connectivity index (χ4v) is 3.29. The predicted molar refractivity (Wildman–Crippen MR) is 84.7 cm³/mol. The molecule has 0 radical (unpaired) electrons. The van der Waals surface area contributed by atoms with Gasteiger partial charge in [0.1, 0.15) is 5.76 Å². The highest BCUT2D eigenvalue weighted by atomic mass is 35.5. The molecule has 0 spiro atoms. The summed E-state index contributed by atoms with van der Waals surface area (Å²) in [6.45, 7) is 0.607. The zero-order chi connectivity index (χ0) is 16.4. The number of aromatic nitrogens is 1. The number of carboxylic acid groups (broad SMARTS) is 1. The number of aromatic amines is 1. The van der Waals surface area contributed by atoms with Crippen LogP contribution in [0.15, 0.2) is 39.6 Å². The van der Waals surface area contributed by atoms with E-state index >= 15 is 0 Å². The van der Waals surface area contributed by atoms with Gasteiger partial charge in [0.2, 0.25) is 0 Å². The summed E-state index contributed by atoms with van der Waals surface area (Å²) in [4.78, 5) is 24.3. The Morgan fingerprint density at radius 1 is 1.39 bits per heavy atom. The molecule has 0 bridgehead atoms. The van der Waals surface area contributed by atoms with Gasteiger partial charge in [0.05, 0.1) is 6.54 Å². The molecule has 23 heavy (non-hydrogen) atoms. The molecule has 7 heteroatoms. The van der Waals surface area contributed by atoms with Crippen molar-refractivity contribution in [2.24, 2.45) is 0 Å². The minimum Gasteiger partial charge on any atom is -0.480 e. The number of hydrogen-bond acceptors (Lipinski definition) is 4. The Hall–Kier alpha value is -2.05. The number of piperidine rings is 1. The van der Waals surface area contributed by atoms with Crippen molar-refractivity contribution in [1.29, 1.82) is 0 Å². The van der Waals surface area contributed by atoms with E-state index in [4.69, 9.17) is 21.2 Å². The molecule has 122 valence electrons. The quantitative estimate of drug-likeness (QED) is 0.896. The van der Waals surface area contributed by atoms with Gasteiger partial charge >= 0.3 is 5.97 Å². The van der Waals surface area contributed by atoms with E-state index in [1.807, 2.05) is 17.0 Å². The zero-order valence-corrected chi connectivity index (χ0v) is 13.1. The maximum absolute atomic E-state index is 11.3. The lowest BCUT2D eigenvalue weighted by atomic mass is 9.85. The van der Waals surface area contributed by atoms with E-state index in [2.05, 4.69) is 5.16 Å². The third-order valence-electron chi connectivity index (χ3n) is 4.25. The Kier molecular flexibility index (Phi) is 4.54. The Balaban J connectivity index is 1.86. The maximum atomic E-state index is 11.3. The molecule has 6 nitrogen and oxygen atoms in total. The summed E-state index contributed by atoms with van der Waals surface area (Å²) in [5.74, 6) is -0.140. The molecular weight excluding hydrogens is 320 g/mol. The molecule has 2 N–H and O–H groups in total. The smallest absolute Gasteiger partial charge is 0.317 e. The van der Waals surface area contributed by atoms with Gasteiger partial charge in [0.25, 0.3) is 5.56 Å². The molecule has 1 fully saturated rings. The van der Waals surface area contributed by atoms with Crippen LogP contribution in [0.5, 0.6) is 0 Å². The lowest BCUT2D eigenvalue weighted by molar-refractivity contribution is -0.139. The van der Waals surface area contributed by atoms with Crippen molar-refractivity contribution in [1.82, 2.24) is 10.1 Å². The number of nitrogens with zero attached hydrogens (tertiary/aromatic N) is 1.